The van der Waals surface area contributed by atoms with E-state index in [-0.39, 0.29) is 17.4 Å². The van der Waals surface area contributed by atoms with Gasteiger partial charge in [-0.1, -0.05) is 42.6 Å². The van der Waals surface area contributed by atoms with E-state index < -0.39 is 11.9 Å². The summed E-state index contributed by atoms with van der Waals surface area (Å²) in [6.45, 7) is 2.41. The number of carbonyl (C=O) groups is 2. The number of carbonyl (C=O) groups excluding carboxylic acids is 2. The summed E-state index contributed by atoms with van der Waals surface area (Å²) >= 11 is 12.0. The van der Waals surface area contributed by atoms with Crippen molar-refractivity contribution in [2.24, 2.45) is 5.10 Å². The number of amides is 1. The third-order valence-electron chi connectivity index (χ3n) is 4.92. The lowest BCUT2D eigenvalue weighted by atomic mass is 10.2. The Morgan fingerprint density at radius 3 is 2.49 bits per heavy atom. The highest BCUT2D eigenvalue weighted by molar-refractivity contribution is 6.42. The molecule has 3 aromatic rings. The lowest BCUT2D eigenvalue weighted by Crippen LogP contribution is -2.24. The van der Waals surface area contributed by atoms with E-state index in [0.29, 0.717) is 40.0 Å². The van der Waals surface area contributed by atoms with E-state index >= 15 is 0 Å². The highest BCUT2D eigenvalue weighted by atomic mass is 35.5. The molecule has 0 bridgehead atoms. The number of hydrogen-bond acceptors (Lipinski definition) is 7. The predicted octanol–water partition coefficient (Wildman–Crippen LogP) is 5.93. The van der Waals surface area contributed by atoms with Crippen molar-refractivity contribution in [1.29, 1.82) is 0 Å². The molecule has 0 aromatic heterocycles. The summed E-state index contributed by atoms with van der Waals surface area (Å²) in [5.74, 6) is 0.516. The molecular weight excluding hydrogens is 519 g/mol. The van der Waals surface area contributed by atoms with Crippen molar-refractivity contribution >= 4 is 41.3 Å². The number of nitrogens with zero attached hydrogens (tertiary/aromatic N) is 1. The molecule has 0 spiro atoms. The molecule has 8 nitrogen and oxygen atoms in total. The van der Waals surface area contributed by atoms with Gasteiger partial charge in [0.1, 0.15) is 16.5 Å². The van der Waals surface area contributed by atoms with Gasteiger partial charge in [0.25, 0.3) is 5.91 Å². The molecule has 194 valence electrons. The zero-order valence-corrected chi connectivity index (χ0v) is 21.8. The summed E-state index contributed by atoms with van der Waals surface area (Å²) in [5, 5.41) is 4.45. The minimum absolute atomic E-state index is 0.224. The van der Waals surface area contributed by atoms with Gasteiger partial charge in [0.05, 0.1) is 30.5 Å². The molecule has 0 saturated carbocycles. The van der Waals surface area contributed by atoms with Crippen LogP contribution >= 0.6 is 23.2 Å². The Bertz CT molecular complexity index is 1250. The Labute approximate surface area is 225 Å². The van der Waals surface area contributed by atoms with Gasteiger partial charge in [0.15, 0.2) is 18.1 Å². The van der Waals surface area contributed by atoms with Gasteiger partial charge in [-0.15, -0.1) is 0 Å². The molecule has 1 N–H and O–H groups in total. The normalized spacial score (nSPS) is 10.7. The number of methoxy groups -OCH3 is 1. The summed E-state index contributed by atoms with van der Waals surface area (Å²) in [6, 6.07) is 16.5. The average molecular weight is 545 g/mol. The van der Waals surface area contributed by atoms with Crippen LogP contribution in [0.3, 0.4) is 0 Å². The highest BCUT2D eigenvalue weighted by Gasteiger charge is 2.13. The molecule has 0 radical (unpaired) electrons. The standard InChI is InChI=1S/C27H26Cl2N2O6/c1-3-4-14-35-20-11-9-19(10-12-20)27(33)37-22-13-8-18(15-24(22)34-2)16-30-31-25(32)17-36-23-7-5-6-21(28)26(23)29/h5-13,15-16H,3-4,14,17H2,1-2H3,(H,31,32). The molecule has 0 saturated heterocycles. The van der Waals surface area contributed by atoms with E-state index in [9.17, 15) is 9.59 Å². The van der Waals surface area contributed by atoms with E-state index in [1.165, 1.54) is 13.3 Å². The van der Waals surface area contributed by atoms with Crippen molar-refractivity contribution in [1.82, 2.24) is 5.43 Å². The Hall–Kier alpha value is -3.75. The summed E-state index contributed by atoms with van der Waals surface area (Å²) in [4.78, 5) is 24.6. The van der Waals surface area contributed by atoms with Crippen molar-refractivity contribution in [3.63, 3.8) is 0 Å². The van der Waals surface area contributed by atoms with Gasteiger partial charge in [0, 0.05) is 0 Å². The van der Waals surface area contributed by atoms with Gasteiger partial charge in [0.2, 0.25) is 0 Å². The largest absolute Gasteiger partial charge is 0.494 e. The Morgan fingerprint density at radius 2 is 1.76 bits per heavy atom. The number of hydrogen-bond donors (Lipinski definition) is 1. The number of nitrogens with one attached hydrogen (secondary N) is 1. The number of unbranched alkanes of at least 4 members (excludes halogenated alkanes) is 1. The van der Waals surface area contributed by atoms with Crippen LogP contribution in [0.15, 0.2) is 65.8 Å². The lowest BCUT2D eigenvalue weighted by molar-refractivity contribution is -0.123. The monoisotopic (exact) mass is 544 g/mol. The molecule has 0 aliphatic carbocycles. The number of halogens is 2. The minimum atomic E-state index is -0.535. The van der Waals surface area contributed by atoms with Crippen LogP contribution in [-0.2, 0) is 4.79 Å². The second-order valence-corrected chi connectivity index (χ2v) is 8.45. The number of esters is 1. The van der Waals surface area contributed by atoms with Crippen molar-refractivity contribution < 1.29 is 28.5 Å². The van der Waals surface area contributed by atoms with Crippen LogP contribution in [0.1, 0.15) is 35.7 Å². The fraction of sp³-hybridized carbons (Fsp3) is 0.222. The molecule has 37 heavy (non-hydrogen) atoms. The molecule has 0 unspecified atom stereocenters. The number of benzene rings is 3. The summed E-state index contributed by atoms with van der Waals surface area (Å²) in [7, 11) is 1.45. The zero-order chi connectivity index (χ0) is 26.6. The summed E-state index contributed by atoms with van der Waals surface area (Å²) < 4.78 is 21.8. The second kappa shape index (κ2) is 14.1. The molecule has 1 amide bonds. The van der Waals surface area contributed by atoms with E-state index in [1.54, 1.807) is 60.7 Å². The van der Waals surface area contributed by atoms with Crippen LogP contribution < -0.4 is 24.4 Å². The smallest absolute Gasteiger partial charge is 0.343 e. The van der Waals surface area contributed by atoms with Gasteiger partial charge in [-0.25, -0.2) is 10.2 Å². The van der Waals surface area contributed by atoms with E-state index in [0.717, 1.165) is 12.8 Å². The lowest BCUT2D eigenvalue weighted by Gasteiger charge is -2.10. The highest BCUT2D eigenvalue weighted by Crippen LogP contribution is 2.31. The predicted molar refractivity (Wildman–Crippen MR) is 142 cm³/mol. The maximum Gasteiger partial charge on any atom is 0.343 e. The SMILES string of the molecule is CCCCOc1ccc(C(=O)Oc2ccc(C=NNC(=O)COc3cccc(Cl)c3Cl)cc2OC)cc1. The number of ether oxygens (including phenoxy) is 4. The molecule has 0 atom stereocenters. The third kappa shape index (κ3) is 8.41. The van der Waals surface area contributed by atoms with Crippen LogP contribution in [0.5, 0.6) is 23.0 Å². The van der Waals surface area contributed by atoms with Crippen LogP contribution in [0.2, 0.25) is 10.0 Å². The molecule has 0 aliphatic heterocycles. The zero-order valence-electron chi connectivity index (χ0n) is 20.3. The first-order valence-electron chi connectivity index (χ1n) is 11.4. The Kier molecular flexibility index (Phi) is 10.6. The first-order chi connectivity index (χ1) is 17.9. The number of hydrazone groups is 1. The topological polar surface area (TPSA) is 95.5 Å². The van der Waals surface area contributed by atoms with Crippen molar-refractivity contribution in [2.45, 2.75) is 19.8 Å². The summed E-state index contributed by atoms with van der Waals surface area (Å²) in [5.41, 5.74) is 3.33. The molecule has 3 rings (SSSR count). The van der Waals surface area contributed by atoms with E-state index in [2.05, 4.69) is 17.5 Å². The van der Waals surface area contributed by atoms with E-state index in [1.807, 2.05) is 0 Å². The first-order valence-corrected chi connectivity index (χ1v) is 12.2. The Balaban J connectivity index is 1.54. The maximum absolute atomic E-state index is 12.6. The van der Waals surface area contributed by atoms with Crippen molar-refractivity contribution in [3.8, 4) is 23.0 Å². The van der Waals surface area contributed by atoms with Crippen molar-refractivity contribution in [3.05, 3.63) is 81.8 Å². The fourth-order valence-corrected chi connectivity index (χ4v) is 3.33. The molecule has 0 heterocycles. The number of rotatable bonds is 12. The van der Waals surface area contributed by atoms with Gasteiger partial charge >= 0.3 is 5.97 Å². The maximum atomic E-state index is 12.6. The molecule has 10 heteroatoms. The van der Waals surface area contributed by atoms with Crippen LogP contribution in [0, 0.1) is 0 Å². The Morgan fingerprint density at radius 1 is 0.973 bits per heavy atom. The first kappa shape index (κ1) is 27.8. The van der Waals surface area contributed by atoms with Gasteiger partial charge in [-0.3, -0.25) is 4.79 Å². The van der Waals surface area contributed by atoms with Gasteiger partial charge in [-0.05, 0) is 66.6 Å². The molecular formula is C27H26Cl2N2O6. The third-order valence-corrected chi connectivity index (χ3v) is 5.73. The van der Waals surface area contributed by atoms with Crippen LogP contribution in [0.4, 0.5) is 0 Å². The minimum Gasteiger partial charge on any atom is -0.494 e. The quantitative estimate of drug-likeness (QED) is 0.0997. The molecule has 3 aromatic carbocycles. The second-order valence-electron chi connectivity index (χ2n) is 7.66. The summed E-state index contributed by atoms with van der Waals surface area (Å²) in [6.07, 6.45) is 3.42. The van der Waals surface area contributed by atoms with Gasteiger partial charge in [-0.2, -0.15) is 5.10 Å². The van der Waals surface area contributed by atoms with E-state index in [4.69, 9.17) is 42.1 Å². The van der Waals surface area contributed by atoms with Crippen LogP contribution in [-0.4, -0.2) is 38.4 Å². The van der Waals surface area contributed by atoms with Gasteiger partial charge < -0.3 is 18.9 Å². The van der Waals surface area contributed by atoms with Crippen molar-refractivity contribution in [2.75, 3.05) is 20.3 Å². The fourth-order valence-electron chi connectivity index (χ4n) is 2.98. The van der Waals surface area contributed by atoms with Crippen LogP contribution in [0.25, 0.3) is 0 Å². The molecule has 0 fully saturated rings. The average Bonchev–Trinajstić information content (AvgIpc) is 2.90. The molecule has 0 aliphatic rings.